The minimum Gasteiger partial charge on any atom is -0.324 e. The van der Waals surface area contributed by atoms with E-state index in [0.717, 1.165) is 22.1 Å². The Balaban J connectivity index is 1.85. The number of hydrogen-bond donors (Lipinski definition) is 1. The molecule has 0 saturated heterocycles. The SMILES string of the molecule is CC(C)c1cccc(C(C)C)c1NC(=O)CN1C(=O)c2ccc([N+](=O)[O-])cc2C1=O. The van der Waals surface area contributed by atoms with Gasteiger partial charge >= 0.3 is 0 Å². The third-order valence-electron chi connectivity index (χ3n) is 5.10. The molecule has 0 fully saturated rings. The highest BCUT2D eigenvalue weighted by Crippen LogP contribution is 2.33. The number of rotatable bonds is 6. The third kappa shape index (κ3) is 3.80. The van der Waals surface area contributed by atoms with Crippen molar-refractivity contribution in [1.82, 2.24) is 4.90 Å². The second kappa shape index (κ2) is 8.06. The van der Waals surface area contributed by atoms with Gasteiger partial charge in [0, 0.05) is 17.8 Å². The molecule has 156 valence electrons. The van der Waals surface area contributed by atoms with Gasteiger partial charge in [0.25, 0.3) is 17.5 Å². The zero-order chi connectivity index (χ0) is 22.2. The van der Waals surface area contributed by atoms with E-state index in [4.69, 9.17) is 0 Å². The third-order valence-corrected chi connectivity index (χ3v) is 5.10. The molecule has 0 bridgehead atoms. The first-order valence-corrected chi connectivity index (χ1v) is 9.69. The van der Waals surface area contributed by atoms with E-state index in [0.29, 0.717) is 5.69 Å². The fourth-order valence-corrected chi connectivity index (χ4v) is 3.55. The highest BCUT2D eigenvalue weighted by atomic mass is 16.6. The van der Waals surface area contributed by atoms with Crippen molar-refractivity contribution in [3.8, 4) is 0 Å². The molecule has 0 radical (unpaired) electrons. The Morgan fingerprint density at radius 3 is 2.10 bits per heavy atom. The standard InChI is InChI=1S/C22H23N3O5/c1-12(2)15-6-5-7-16(13(3)4)20(15)23-19(26)11-24-21(27)17-9-8-14(25(29)30)10-18(17)22(24)28/h5-10,12-13H,11H2,1-4H3,(H,23,26). The van der Waals surface area contributed by atoms with Crippen LogP contribution in [0.1, 0.15) is 71.4 Å². The lowest BCUT2D eigenvalue weighted by atomic mass is 9.92. The molecule has 0 unspecified atom stereocenters. The summed E-state index contributed by atoms with van der Waals surface area (Å²) in [6.07, 6.45) is 0. The highest BCUT2D eigenvalue weighted by Gasteiger charge is 2.38. The number of nitro benzene ring substituents is 1. The fraction of sp³-hybridized carbons (Fsp3) is 0.318. The predicted molar refractivity (Wildman–Crippen MR) is 112 cm³/mol. The zero-order valence-electron chi connectivity index (χ0n) is 17.3. The van der Waals surface area contributed by atoms with E-state index in [1.54, 1.807) is 0 Å². The number of fused-ring (bicyclic) bond motifs is 1. The maximum Gasteiger partial charge on any atom is 0.270 e. The first-order chi connectivity index (χ1) is 14.1. The predicted octanol–water partition coefficient (Wildman–Crippen LogP) is 4.08. The number of imide groups is 1. The van der Waals surface area contributed by atoms with Crippen LogP contribution < -0.4 is 5.32 Å². The van der Waals surface area contributed by atoms with Crippen LogP contribution in [0.3, 0.4) is 0 Å². The van der Waals surface area contributed by atoms with Crippen LogP contribution in [0.25, 0.3) is 0 Å². The normalized spacial score (nSPS) is 13.2. The van der Waals surface area contributed by atoms with Crippen molar-refractivity contribution in [2.45, 2.75) is 39.5 Å². The number of para-hydroxylation sites is 1. The molecule has 0 aliphatic carbocycles. The van der Waals surface area contributed by atoms with Crippen LogP contribution in [0.2, 0.25) is 0 Å². The van der Waals surface area contributed by atoms with E-state index < -0.39 is 29.2 Å². The molecule has 0 saturated carbocycles. The summed E-state index contributed by atoms with van der Waals surface area (Å²) in [6, 6.07) is 9.30. The highest BCUT2D eigenvalue weighted by molar-refractivity contribution is 6.23. The maximum absolute atomic E-state index is 12.8. The van der Waals surface area contributed by atoms with Gasteiger partial charge in [-0.2, -0.15) is 0 Å². The van der Waals surface area contributed by atoms with Gasteiger partial charge in [0.05, 0.1) is 16.1 Å². The van der Waals surface area contributed by atoms with E-state index >= 15 is 0 Å². The first-order valence-electron chi connectivity index (χ1n) is 9.69. The largest absolute Gasteiger partial charge is 0.324 e. The van der Waals surface area contributed by atoms with Crippen LogP contribution in [0.5, 0.6) is 0 Å². The number of nitrogens with zero attached hydrogens (tertiary/aromatic N) is 2. The number of amides is 3. The molecule has 1 N–H and O–H groups in total. The summed E-state index contributed by atoms with van der Waals surface area (Å²) in [5.74, 6) is -1.52. The molecule has 2 aromatic rings. The molecule has 3 amide bonds. The van der Waals surface area contributed by atoms with Gasteiger partial charge in [-0.3, -0.25) is 29.4 Å². The van der Waals surface area contributed by atoms with E-state index in [-0.39, 0.29) is 28.7 Å². The average Bonchev–Trinajstić information content (AvgIpc) is 2.92. The molecule has 1 heterocycles. The van der Waals surface area contributed by atoms with Crippen LogP contribution in [0.4, 0.5) is 11.4 Å². The van der Waals surface area contributed by atoms with Gasteiger partial charge in [0.1, 0.15) is 6.54 Å². The topological polar surface area (TPSA) is 110 Å². The number of nitro groups is 1. The first kappa shape index (κ1) is 21.2. The fourth-order valence-electron chi connectivity index (χ4n) is 3.55. The van der Waals surface area contributed by atoms with Gasteiger partial charge in [-0.15, -0.1) is 0 Å². The average molecular weight is 409 g/mol. The summed E-state index contributed by atoms with van der Waals surface area (Å²) in [5, 5.41) is 13.8. The van der Waals surface area contributed by atoms with E-state index in [1.807, 2.05) is 45.9 Å². The van der Waals surface area contributed by atoms with Crippen molar-refractivity contribution in [2.75, 3.05) is 11.9 Å². The monoisotopic (exact) mass is 409 g/mol. The van der Waals surface area contributed by atoms with Crippen LogP contribution in [-0.4, -0.2) is 34.1 Å². The second-order valence-corrected chi connectivity index (χ2v) is 7.85. The van der Waals surface area contributed by atoms with Crippen molar-refractivity contribution in [3.05, 3.63) is 68.8 Å². The number of non-ortho nitro benzene ring substituents is 1. The van der Waals surface area contributed by atoms with E-state index in [9.17, 15) is 24.5 Å². The summed E-state index contributed by atoms with van der Waals surface area (Å²) in [6.45, 7) is 7.61. The molecular weight excluding hydrogens is 386 g/mol. The Kier molecular flexibility index (Phi) is 5.69. The van der Waals surface area contributed by atoms with Crippen molar-refractivity contribution >= 4 is 29.1 Å². The smallest absolute Gasteiger partial charge is 0.270 e. The summed E-state index contributed by atoms with van der Waals surface area (Å²) in [7, 11) is 0. The Hall–Kier alpha value is -3.55. The Bertz CT molecular complexity index is 1030. The van der Waals surface area contributed by atoms with E-state index in [2.05, 4.69) is 5.32 Å². The maximum atomic E-state index is 12.8. The van der Waals surface area contributed by atoms with Crippen LogP contribution >= 0.6 is 0 Å². The minimum absolute atomic E-state index is 0.0591. The summed E-state index contributed by atoms with van der Waals surface area (Å²) >= 11 is 0. The summed E-state index contributed by atoms with van der Waals surface area (Å²) in [5.41, 5.74) is 2.34. The molecule has 0 aromatic heterocycles. The number of nitrogens with one attached hydrogen (secondary N) is 1. The lowest BCUT2D eigenvalue weighted by Crippen LogP contribution is -2.37. The van der Waals surface area contributed by atoms with Crippen molar-refractivity contribution in [3.63, 3.8) is 0 Å². The molecule has 1 aliphatic rings. The lowest BCUT2D eigenvalue weighted by Gasteiger charge is -2.21. The molecule has 0 spiro atoms. The van der Waals surface area contributed by atoms with Crippen LogP contribution in [-0.2, 0) is 4.79 Å². The molecule has 8 heteroatoms. The summed E-state index contributed by atoms with van der Waals surface area (Å²) in [4.78, 5) is 49.1. The summed E-state index contributed by atoms with van der Waals surface area (Å²) < 4.78 is 0. The zero-order valence-corrected chi connectivity index (χ0v) is 17.3. The van der Waals surface area contributed by atoms with Gasteiger partial charge in [0.15, 0.2) is 0 Å². The second-order valence-electron chi connectivity index (χ2n) is 7.85. The van der Waals surface area contributed by atoms with Gasteiger partial charge in [-0.1, -0.05) is 45.9 Å². The van der Waals surface area contributed by atoms with Crippen LogP contribution in [0, 0.1) is 10.1 Å². The molecule has 30 heavy (non-hydrogen) atoms. The quantitative estimate of drug-likeness (QED) is 0.439. The minimum atomic E-state index is -0.713. The van der Waals surface area contributed by atoms with Crippen molar-refractivity contribution in [2.24, 2.45) is 0 Å². The Labute approximate surface area is 174 Å². The molecule has 3 rings (SSSR count). The van der Waals surface area contributed by atoms with Gasteiger partial charge in [-0.25, -0.2) is 0 Å². The molecule has 2 aromatic carbocycles. The van der Waals surface area contributed by atoms with Crippen molar-refractivity contribution in [1.29, 1.82) is 0 Å². The van der Waals surface area contributed by atoms with Gasteiger partial charge in [-0.05, 0) is 29.0 Å². The molecule has 8 nitrogen and oxygen atoms in total. The van der Waals surface area contributed by atoms with Crippen LogP contribution in [0.15, 0.2) is 36.4 Å². The number of carbonyl (C=O) groups excluding carboxylic acids is 3. The molecule has 0 atom stereocenters. The van der Waals surface area contributed by atoms with E-state index in [1.165, 1.54) is 12.1 Å². The molecule has 1 aliphatic heterocycles. The number of hydrogen-bond acceptors (Lipinski definition) is 5. The Morgan fingerprint density at radius 2 is 1.57 bits per heavy atom. The van der Waals surface area contributed by atoms with Crippen molar-refractivity contribution < 1.29 is 19.3 Å². The van der Waals surface area contributed by atoms with Gasteiger partial charge in [0.2, 0.25) is 5.91 Å². The Morgan fingerprint density at radius 1 is 1.00 bits per heavy atom. The lowest BCUT2D eigenvalue weighted by molar-refractivity contribution is -0.384. The molecular formula is C22H23N3O5. The number of anilines is 1. The van der Waals surface area contributed by atoms with Gasteiger partial charge < -0.3 is 5.32 Å². The number of carbonyl (C=O) groups is 3. The number of benzene rings is 2.